The molecule has 1 N–H and O–H groups in total. The number of nitrogens with one attached hydrogen (secondary N) is 1. The Bertz CT molecular complexity index is 406. The molecule has 0 radical (unpaired) electrons. The predicted octanol–water partition coefficient (Wildman–Crippen LogP) is 3.38. The second-order valence-corrected chi connectivity index (χ2v) is 3.42. The summed E-state index contributed by atoms with van der Waals surface area (Å²) in [6, 6.07) is 7.44. The van der Waals surface area contributed by atoms with E-state index in [0.29, 0.717) is 10.2 Å². The van der Waals surface area contributed by atoms with Gasteiger partial charge in [-0.15, -0.1) is 0 Å². The molecule has 2 aromatic rings. The lowest BCUT2D eigenvalue weighted by Crippen LogP contribution is -1.74. The third-order valence-corrected chi connectivity index (χ3v) is 2.29. The highest BCUT2D eigenvalue weighted by molar-refractivity contribution is 6.32. The van der Waals surface area contributed by atoms with E-state index in [-0.39, 0.29) is 0 Å². The molecule has 0 aliphatic heterocycles. The normalized spacial score (nSPS) is 10.3. The highest BCUT2D eigenvalue weighted by atomic mass is 35.5. The summed E-state index contributed by atoms with van der Waals surface area (Å²) < 4.78 is 0. The van der Waals surface area contributed by atoms with Crippen LogP contribution in [0.15, 0.2) is 30.5 Å². The van der Waals surface area contributed by atoms with Gasteiger partial charge in [-0.1, -0.05) is 35.3 Å². The maximum atomic E-state index is 5.86. The number of aromatic nitrogens is 2. The lowest BCUT2D eigenvalue weighted by Gasteiger charge is -1.97. The minimum absolute atomic E-state index is 0.544. The van der Waals surface area contributed by atoms with Crippen molar-refractivity contribution in [1.29, 1.82) is 0 Å². The standard InChI is InChI=1S/C9H6Cl2N2/c10-7-3-1-6(2-4-7)8-5-12-13-9(8)11/h1-5H,(H,12,13). The molecule has 0 amide bonds. The van der Waals surface area contributed by atoms with E-state index in [0.717, 1.165) is 11.1 Å². The molecule has 0 unspecified atom stereocenters. The van der Waals surface area contributed by atoms with E-state index in [9.17, 15) is 0 Å². The molecule has 0 fully saturated rings. The first-order chi connectivity index (χ1) is 6.27. The van der Waals surface area contributed by atoms with Crippen molar-refractivity contribution in [3.8, 4) is 11.1 Å². The summed E-state index contributed by atoms with van der Waals surface area (Å²) in [6.45, 7) is 0. The van der Waals surface area contributed by atoms with E-state index in [1.165, 1.54) is 0 Å². The topological polar surface area (TPSA) is 28.7 Å². The van der Waals surface area contributed by atoms with Crippen LogP contribution < -0.4 is 0 Å². The summed E-state index contributed by atoms with van der Waals surface area (Å²) in [4.78, 5) is 0. The average Bonchev–Trinajstić information content (AvgIpc) is 2.53. The van der Waals surface area contributed by atoms with Crippen molar-refractivity contribution in [3.05, 3.63) is 40.6 Å². The molecular formula is C9H6Cl2N2. The van der Waals surface area contributed by atoms with E-state index >= 15 is 0 Å². The van der Waals surface area contributed by atoms with Gasteiger partial charge < -0.3 is 0 Å². The van der Waals surface area contributed by atoms with Crippen LogP contribution in [0.3, 0.4) is 0 Å². The van der Waals surface area contributed by atoms with Gasteiger partial charge in [-0.2, -0.15) is 5.10 Å². The molecule has 0 atom stereocenters. The molecule has 1 aromatic carbocycles. The van der Waals surface area contributed by atoms with Crippen molar-refractivity contribution in [3.63, 3.8) is 0 Å². The first-order valence-corrected chi connectivity index (χ1v) is 4.48. The number of H-pyrrole nitrogens is 1. The van der Waals surface area contributed by atoms with Gasteiger partial charge in [0.1, 0.15) is 5.15 Å². The zero-order valence-electron chi connectivity index (χ0n) is 6.59. The SMILES string of the molecule is Clc1ccc(-c2cn[nH]c2Cl)cc1. The van der Waals surface area contributed by atoms with Crippen LogP contribution in [0.25, 0.3) is 11.1 Å². The van der Waals surface area contributed by atoms with Crippen molar-refractivity contribution in [2.24, 2.45) is 0 Å². The third kappa shape index (κ3) is 1.69. The second-order valence-electron chi connectivity index (χ2n) is 2.60. The summed E-state index contributed by atoms with van der Waals surface area (Å²) in [5, 5.41) is 7.75. The quantitative estimate of drug-likeness (QED) is 0.772. The molecule has 1 aromatic heterocycles. The Morgan fingerprint density at radius 1 is 1.08 bits per heavy atom. The number of benzene rings is 1. The number of aromatic amines is 1. The molecule has 0 aliphatic carbocycles. The van der Waals surface area contributed by atoms with Crippen molar-refractivity contribution >= 4 is 23.2 Å². The lowest BCUT2D eigenvalue weighted by atomic mass is 10.1. The average molecular weight is 213 g/mol. The number of halogens is 2. The molecule has 66 valence electrons. The summed E-state index contributed by atoms with van der Waals surface area (Å²) in [6.07, 6.45) is 1.69. The fraction of sp³-hybridized carbons (Fsp3) is 0. The van der Waals surface area contributed by atoms with Gasteiger partial charge in [0, 0.05) is 10.6 Å². The fourth-order valence-electron chi connectivity index (χ4n) is 1.10. The molecule has 0 saturated heterocycles. The van der Waals surface area contributed by atoms with Crippen molar-refractivity contribution < 1.29 is 0 Å². The van der Waals surface area contributed by atoms with Crippen LogP contribution >= 0.6 is 23.2 Å². The van der Waals surface area contributed by atoms with Gasteiger partial charge in [-0.3, -0.25) is 5.10 Å². The van der Waals surface area contributed by atoms with E-state index < -0.39 is 0 Å². The summed E-state index contributed by atoms with van der Waals surface area (Å²) in [5.74, 6) is 0. The van der Waals surface area contributed by atoms with E-state index in [1.807, 2.05) is 24.3 Å². The smallest absolute Gasteiger partial charge is 0.132 e. The molecule has 4 heteroatoms. The fourth-order valence-corrected chi connectivity index (χ4v) is 1.43. The maximum Gasteiger partial charge on any atom is 0.132 e. The minimum atomic E-state index is 0.544. The van der Waals surface area contributed by atoms with Crippen LogP contribution in [0.4, 0.5) is 0 Å². The van der Waals surface area contributed by atoms with Crippen molar-refractivity contribution in [2.45, 2.75) is 0 Å². The Balaban J connectivity index is 2.47. The highest BCUT2D eigenvalue weighted by Gasteiger charge is 2.03. The van der Waals surface area contributed by atoms with Crippen LogP contribution in [0.5, 0.6) is 0 Å². The zero-order chi connectivity index (χ0) is 9.26. The Morgan fingerprint density at radius 2 is 1.77 bits per heavy atom. The number of rotatable bonds is 1. The van der Waals surface area contributed by atoms with E-state index in [4.69, 9.17) is 23.2 Å². The van der Waals surface area contributed by atoms with Gasteiger partial charge in [0.05, 0.1) is 6.20 Å². The van der Waals surface area contributed by atoms with Crippen LogP contribution in [0.2, 0.25) is 10.2 Å². The predicted molar refractivity (Wildman–Crippen MR) is 54.0 cm³/mol. The Labute approximate surface area is 85.5 Å². The Hall–Kier alpha value is -0.990. The summed E-state index contributed by atoms with van der Waals surface area (Å²) >= 11 is 11.6. The zero-order valence-corrected chi connectivity index (χ0v) is 8.10. The van der Waals surface area contributed by atoms with Crippen LogP contribution in [-0.2, 0) is 0 Å². The molecule has 2 nitrogen and oxygen atoms in total. The molecule has 2 rings (SSSR count). The van der Waals surface area contributed by atoms with Gasteiger partial charge >= 0.3 is 0 Å². The van der Waals surface area contributed by atoms with Gasteiger partial charge in [0.2, 0.25) is 0 Å². The van der Waals surface area contributed by atoms with Crippen molar-refractivity contribution in [1.82, 2.24) is 10.2 Å². The third-order valence-electron chi connectivity index (χ3n) is 1.75. The maximum absolute atomic E-state index is 5.86. The minimum Gasteiger partial charge on any atom is -0.267 e. The summed E-state index contributed by atoms with van der Waals surface area (Å²) in [7, 11) is 0. The monoisotopic (exact) mass is 212 g/mol. The van der Waals surface area contributed by atoms with E-state index in [2.05, 4.69) is 10.2 Å². The molecule has 0 spiro atoms. The van der Waals surface area contributed by atoms with Crippen molar-refractivity contribution in [2.75, 3.05) is 0 Å². The van der Waals surface area contributed by atoms with Gasteiger partial charge in [-0.25, -0.2) is 0 Å². The van der Waals surface area contributed by atoms with Crippen LogP contribution in [0, 0.1) is 0 Å². The lowest BCUT2D eigenvalue weighted by molar-refractivity contribution is 1.09. The first kappa shape index (κ1) is 8.60. The van der Waals surface area contributed by atoms with Gasteiger partial charge in [0.15, 0.2) is 0 Å². The molecule has 0 aliphatic rings. The molecular weight excluding hydrogens is 207 g/mol. The van der Waals surface area contributed by atoms with Gasteiger partial charge in [-0.05, 0) is 17.7 Å². The molecule has 13 heavy (non-hydrogen) atoms. The highest BCUT2D eigenvalue weighted by Crippen LogP contribution is 2.26. The number of hydrogen-bond acceptors (Lipinski definition) is 1. The van der Waals surface area contributed by atoms with E-state index in [1.54, 1.807) is 6.20 Å². The Kier molecular flexibility index (Phi) is 2.25. The first-order valence-electron chi connectivity index (χ1n) is 3.72. The molecule has 0 saturated carbocycles. The van der Waals surface area contributed by atoms with Crippen LogP contribution in [-0.4, -0.2) is 10.2 Å². The largest absolute Gasteiger partial charge is 0.267 e. The van der Waals surface area contributed by atoms with Gasteiger partial charge in [0.25, 0.3) is 0 Å². The summed E-state index contributed by atoms with van der Waals surface area (Å²) in [5.41, 5.74) is 1.89. The molecule has 1 heterocycles. The Morgan fingerprint density at radius 3 is 2.31 bits per heavy atom. The molecule has 0 bridgehead atoms. The van der Waals surface area contributed by atoms with Crippen LogP contribution in [0.1, 0.15) is 0 Å². The number of nitrogens with zero attached hydrogens (tertiary/aromatic N) is 1. The second kappa shape index (κ2) is 3.40. The number of hydrogen-bond donors (Lipinski definition) is 1.